The number of hydrogen-bond donors (Lipinski definition) is 0. The number of hydrogen-bond acceptors (Lipinski definition) is 5. The van der Waals surface area contributed by atoms with Crippen molar-refractivity contribution in [2.45, 2.75) is 85.5 Å². The standard InChI is InChI=1S/C48H51N5O/c1-30(2)33-23-40(31(3)4)47(41(24-33)32(5)6)52-29-51(45-28-49-21-20-43(45)52)35-13-12-14-36(26-35)54-37-17-18-39-38-15-10-11-16-42(38)53(44(39)27-37)46-25-34(19-22-50-46)48(7,8)9/h10-28,30-32H,29H2,1-9H3. The number of para-hydroxylation sites is 1. The minimum Gasteiger partial charge on any atom is -0.457 e. The highest BCUT2D eigenvalue weighted by Gasteiger charge is 2.32. The maximum Gasteiger partial charge on any atom is 0.137 e. The van der Waals surface area contributed by atoms with Gasteiger partial charge in [0.2, 0.25) is 0 Å². The number of aromatic nitrogens is 3. The van der Waals surface area contributed by atoms with Crippen molar-refractivity contribution in [1.82, 2.24) is 14.5 Å². The first-order valence-electron chi connectivity index (χ1n) is 19.3. The van der Waals surface area contributed by atoms with Gasteiger partial charge in [0.25, 0.3) is 0 Å². The van der Waals surface area contributed by atoms with E-state index in [4.69, 9.17) is 9.72 Å². The Kier molecular flexibility index (Phi) is 8.96. The molecule has 0 saturated carbocycles. The second kappa shape index (κ2) is 13.7. The van der Waals surface area contributed by atoms with E-state index in [1.54, 1.807) is 0 Å². The highest BCUT2D eigenvalue weighted by atomic mass is 16.5. The van der Waals surface area contributed by atoms with Crippen molar-refractivity contribution in [3.63, 3.8) is 0 Å². The smallest absolute Gasteiger partial charge is 0.137 e. The van der Waals surface area contributed by atoms with Gasteiger partial charge in [0.05, 0.1) is 28.6 Å². The number of pyridine rings is 2. The van der Waals surface area contributed by atoms with Gasteiger partial charge in [-0.05, 0) is 94.0 Å². The van der Waals surface area contributed by atoms with Crippen LogP contribution in [0.25, 0.3) is 27.6 Å². The maximum atomic E-state index is 6.70. The van der Waals surface area contributed by atoms with Gasteiger partial charge in [-0.2, -0.15) is 0 Å². The Morgan fingerprint density at radius 2 is 1.35 bits per heavy atom. The lowest BCUT2D eigenvalue weighted by Gasteiger charge is -2.30. The van der Waals surface area contributed by atoms with Gasteiger partial charge in [0, 0.05) is 46.7 Å². The van der Waals surface area contributed by atoms with Crippen LogP contribution in [0.4, 0.5) is 22.7 Å². The summed E-state index contributed by atoms with van der Waals surface area (Å²) in [6, 6.07) is 34.7. The number of nitrogens with zero attached hydrogens (tertiary/aromatic N) is 5. The molecule has 8 rings (SSSR count). The molecule has 54 heavy (non-hydrogen) atoms. The van der Waals surface area contributed by atoms with Gasteiger partial charge in [-0.1, -0.05) is 98.7 Å². The Hall–Kier alpha value is -5.62. The van der Waals surface area contributed by atoms with Gasteiger partial charge < -0.3 is 14.5 Å². The fourth-order valence-electron chi connectivity index (χ4n) is 7.87. The third kappa shape index (κ3) is 6.27. The number of fused-ring (bicyclic) bond motifs is 4. The number of anilines is 4. The van der Waals surface area contributed by atoms with Crippen molar-refractivity contribution in [1.29, 1.82) is 0 Å². The van der Waals surface area contributed by atoms with Gasteiger partial charge >= 0.3 is 0 Å². The Labute approximate surface area is 320 Å². The van der Waals surface area contributed by atoms with Crippen LogP contribution in [0, 0.1) is 0 Å². The molecule has 274 valence electrons. The fourth-order valence-corrected chi connectivity index (χ4v) is 7.87. The molecule has 4 heterocycles. The minimum atomic E-state index is 0.00447. The molecule has 1 aliphatic rings. The molecule has 0 amide bonds. The Morgan fingerprint density at radius 3 is 2.07 bits per heavy atom. The topological polar surface area (TPSA) is 46.4 Å². The van der Waals surface area contributed by atoms with E-state index in [1.165, 1.54) is 44.4 Å². The Morgan fingerprint density at radius 1 is 0.630 bits per heavy atom. The summed E-state index contributed by atoms with van der Waals surface area (Å²) in [4.78, 5) is 14.3. The van der Waals surface area contributed by atoms with Crippen LogP contribution in [0.5, 0.6) is 11.5 Å². The zero-order valence-corrected chi connectivity index (χ0v) is 33.1. The van der Waals surface area contributed by atoms with E-state index >= 15 is 0 Å². The van der Waals surface area contributed by atoms with Crippen LogP contribution < -0.4 is 14.5 Å². The van der Waals surface area contributed by atoms with Crippen LogP contribution in [0.3, 0.4) is 0 Å². The third-order valence-electron chi connectivity index (χ3n) is 10.9. The lowest BCUT2D eigenvalue weighted by Crippen LogP contribution is -2.26. The molecule has 0 fully saturated rings. The van der Waals surface area contributed by atoms with Crippen molar-refractivity contribution >= 4 is 44.6 Å². The average molecular weight is 714 g/mol. The summed E-state index contributed by atoms with van der Waals surface area (Å²) in [5, 5.41) is 2.36. The fraction of sp³-hybridized carbons (Fsp3) is 0.292. The molecular weight excluding hydrogens is 663 g/mol. The molecule has 7 aromatic rings. The first kappa shape index (κ1) is 35.4. The average Bonchev–Trinajstić information content (AvgIpc) is 3.70. The molecule has 0 bridgehead atoms. The zero-order chi connectivity index (χ0) is 37.9. The molecule has 0 spiro atoms. The second-order valence-corrected chi connectivity index (χ2v) is 16.7. The van der Waals surface area contributed by atoms with Crippen LogP contribution in [-0.4, -0.2) is 21.2 Å². The van der Waals surface area contributed by atoms with E-state index in [2.05, 4.69) is 173 Å². The maximum absolute atomic E-state index is 6.70. The molecule has 0 atom stereocenters. The molecule has 1 aliphatic heterocycles. The van der Waals surface area contributed by atoms with Gasteiger partial charge in [-0.15, -0.1) is 0 Å². The van der Waals surface area contributed by atoms with Crippen molar-refractivity contribution < 1.29 is 4.74 Å². The molecule has 0 saturated heterocycles. The highest BCUT2D eigenvalue weighted by Crippen LogP contribution is 2.49. The first-order valence-corrected chi connectivity index (χ1v) is 19.3. The lowest BCUT2D eigenvalue weighted by molar-refractivity contribution is 0.483. The molecule has 0 N–H and O–H groups in total. The van der Waals surface area contributed by atoms with Crippen molar-refractivity contribution in [3.8, 4) is 17.3 Å². The highest BCUT2D eigenvalue weighted by molar-refractivity contribution is 6.09. The van der Waals surface area contributed by atoms with Crippen molar-refractivity contribution in [3.05, 3.63) is 138 Å². The molecule has 6 nitrogen and oxygen atoms in total. The number of ether oxygens (including phenoxy) is 1. The largest absolute Gasteiger partial charge is 0.457 e. The SMILES string of the molecule is CC(C)c1cc(C(C)C)c(N2CN(c3cccc(Oc4ccc5c6ccccc6n(-c6cc(C(C)(C)C)ccn6)c5c4)c3)c3cnccc32)c(C(C)C)c1. The van der Waals surface area contributed by atoms with Gasteiger partial charge in [0.1, 0.15) is 24.0 Å². The first-order chi connectivity index (χ1) is 25.9. The summed E-state index contributed by atoms with van der Waals surface area (Å²) < 4.78 is 8.96. The Bertz CT molecular complexity index is 2470. The van der Waals surface area contributed by atoms with Crippen LogP contribution in [-0.2, 0) is 5.41 Å². The van der Waals surface area contributed by atoms with E-state index < -0.39 is 0 Å². The van der Waals surface area contributed by atoms with E-state index in [-0.39, 0.29) is 5.41 Å². The Balaban J connectivity index is 1.17. The minimum absolute atomic E-state index is 0.00447. The van der Waals surface area contributed by atoms with Crippen LogP contribution >= 0.6 is 0 Å². The van der Waals surface area contributed by atoms with Crippen molar-refractivity contribution in [2.75, 3.05) is 16.5 Å². The summed E-state index contributed by atoms with van der Waals surface area (Å²) in [7, 11) is 0. The van der Waals surface area contributed by atoms with E-state index in [1.807, 2.05) is 24.7 Å². The predicted octanol–water partition coefficient (Wildman–Crippen LogP) is 13.3. The molecule has 0 unspecified atom stereocenters. The quantitative estimate of drug-likeness (QED) is 0.157. The summed E-state index contributed by atoms with van der Waals surface area (Å²) in [5.41, 5.74) is 12.2. The summed E-state index contributed by atoms with van der Waals surface area (Å²) in [6.45, 7) is 21.2. The van der Waals surface area contributed by atoms with E-state index in [0.29, 0.717) is 24.4 Å². The summed E-state index contributed by atoms with van der Waals surface area (Å²) >= 11 is 0. The summed E-state index contributed by atoms with van der Waals surface area (Å²) in [6.07, 6.45) is 5.82. The van der Waals surface area contributed by atoms with Gasteiger partial charge in [-0.3, -0.25) is 9.55 Å². The monoisotopic (exact) mass is 713 g/mol. The number of benzene rings is 4. The predicted molar refractivity (Wildman–Crippen MR) is 226 cm³/mol. The molecule has 4 aromatic carbocycles. The van der Waals surface area contributed by atoms with E-state index in [9.17, 15) is 0 Å². The normalized spacial score (nSPS) is 13.3. The van der Waals surface area contributed by atoms with Gasteiger partial charge in [-0.25, -0.2) is 4.98 Å². The molecular formula is C48H51N5O. The lowest BCUT2D eigenvalue weighted by atomic mass is 9.87. The summed E-state index contributed by atoms with van der Waals surface area (Å²) in [5.74, 6) is 3.66. The molecule has 0 radical (unpaired) electrons. The van der Waals surface area contributed by atoms with Crippen molar-refractivity contribution in [2.24, 2.45) is 0 Å². The number of rotatable bonds is 8. The molecule has 0 aliphatic carbocycles. The molecule has 3 aromatic heterocycles. The van der Waals surface area contributed by atoms with Crippen LogP contribution in [0.2, 0.25) is 0 Å². The van der Waals surface area contributed by atoms with Crippen LogP contribution in [0.1, 0.15) is 102 Å². The molecule has 6 heteroatoms. The van der Waals surface area contributed by atoms with Crippen LogP contribution in [0.15, 0.2) is 116 Å². The second-order valence-electron chi connectivity index (χ2n) is 16.7. The van der Waals surface area contributed by atoms with E-state index in [0.717, 1.165) is 39.7 Å². The zero-order valence-electron chi connectivity index (χ0n) is 33.1. The van der Waals surface area contributed by atoms with Gasteiger partial charge in [0.15, 0.2) is 0 Å². The third-order valence-corrected chi connectivity index (χ3v) is 10.9.